The van der Waals surface area contributed by atoms with Crippen LogP contribution in [0, 0.1) is 0 Å². The Labute approximate surface area is 107 Å². The summed E-state index contributed by atoms with van der Waals surface area (Å²) in [6.45, 7) is 0.505. The fourth-order valence-electron chi connectivity index (χ4n) is 1.53. The number of carboxylic acid groups (broad SMARTS) is 1. The van der Waals surface area contributed by atoms with Crippen LogP contribution in [0.1, 0.15) is 10.4 Å². The topological polar surface area (TPSA) is 64.2 Å². The third-order valence-electron chi connectivity index (χ3n) is 2.44. The number of thiophene rings is 1. The van der Waals surface area contributed by atoms with E-state index in [-0.39, 0.29) is 5.69 Å². The first kappa shape index (κ1) is 12.4. The van der Waals surface area contributed by atoms with Gasteiger partial charge in [-0.1, -0.05) is 0 Å². The third kappa shape index (κ3) is 2.78. The van der Waals surface area contributed by atoms with E-state index in [4.69, 9.17) is 5.11 Å². The van der Waals surface area contributed by atoms with E-state index >= 15 is 0 Å². The molecule has 0 spiro atoms. The number of rotatable bonds is 4. The number of hydrogen-bond acceptors (Lipinski definition) is 3. The molecular weight excluding hydrogens is 252 g/mol. The molecule has 0 radical (unpaired) electrons. The molecule has 0 saturated heterocycles. The van der Waals surface area contributed by atoms with Crippen LogP contribution in [0.15, 0.2) is 34.7 Å². The molecule has 0 amide bonds. The molecule has 1 N–H and O–H groups in total. The van der Waals surface area contributed by atoms with Crippen LogP contribution in [-0.4, -0.2) is 20.2 Å². The van der Waals surface area contributed by atoms with E-state index in [0.29, 0.717) is 6.54 Å². The highest BCUT2D eigenvalue weighted by molar-refractivity contribution is 7.10. The van der Waals surface area contributed by atoms with Crippen LogP contribution in [0.25, 0.3) is 6.08 Å². The largest absolute Gasteiger partial charge is 0.478 e. The van der Waals surface area contributed by atoms with Crippen LogP contribution in [0.5, 0.6) is 0 Å². The van der Waals surface area contributed by atoms with Crippen molar-refractivity contribution in [2.24, 2.45) is 7.05 Å². The molecule has 18 heavy (non-hydrogen) atoms. The minimum absolute atomic E-state index is 0.0639. The summed E-state index contributed by atoms with van der Waals surface area (Å²) in [7, 11) is 1.70. The van der Waals surface area contributed by atoms with Gasteiger partial charge in [-0.3, -0.25) is 4.57 Å². The lowest BCUT2D eigenvalue weighted by Crippen LogP contribution is -2.21. The maximum Gasteiger partial charge on any atom is 0.328 e. The van der Waals surface area contributed by atoms with Gasteiger partial charge in [-0.15, -0.1) is 11.3 Å². The predicted octanol–water partition coefficient (Wildman–Crippen LogP) is 1.39. The molecule has 0 bridgehead atoms. The minimum atomic E-state index is -0.970. The summed E-state index contributed by atoms with van der Waals surface area (Å²) >= 11 is 1.50. The summed E-state index contributed by atoms with van der Waals surface area (Å²) in [5.41, 5.74) is 0.771. The van der Waals surface area contributed by atoms with Crippen molar-refractivity contribution < 1.29 is 9.90 Å². The molecular formula is C12H12N2O3S. The average molecular weight is 264 g/mol. The molecule has 6 heteroatoms. The van der Waals surface area contributed by atoms with E-state index in [0.717, 1.165) is 16.5 Å². The molecule has 0 aliphatic carbocycles. The second-order valence-corrected chi connectivity index (χ2v) is 4.83. The van der Waals surface area contributed by atoms with E-state index in [1.807, 2.05) is 11.4 Å². The lowest BCUT2D eigenvalue weighted by Gasteiger charge is -1.96. The normalized spacial score (nSPS) is 11.2. The van der Waals surface area contributed by atoms with Gasteiger partial charge < -0.3 is 9.67 Å². The number of hydrogen-bond donors (Lipinski definition) is 1. The first-order valence-corrected chi connectivity index (χ1v) is 6.14. The van der Waals surface area contributed by atoms with Gasteiger partial charge in [0.25, 0.3) is 0 Å². The molecule has 2 aromatic rings. The Hall–Kier alpha value is -2.08. The van der Waals surface area contributed by atoms with Gasteiger partial charge >= 0.3 is 11.7 Å². The smallest absolute Gasteiger partial charge is 0.328 e. The van der Waals surface area contributed by atoms with Gasteiger partial charge in [0.1, 0.15) is 0 Å². The van der Waals surface area contributed by atoms with Gasteiger partial charge in [-0.2, -0.15) is 0 Å². The first-order chi connectivity index (χ1) is 8.56. The minimum Gasteiger partial charge on any atom is -0.478 e. The number of aromatic nitrogens is 2. The van der Waals surface area contributed by atoms with E-state index < -0.39 is 5.97 Å². The molecule has 0 unspecified atom stereocenters. The summed E-state index contributed by atoms with van der Waals surface area (Å²) in [6.07, 6.45) is 6.08. The fraction of sp³-hybridized carbons (Fsp3) is 0.167. The predicted molar refractivity (Wildman–Crippen MR) is 69.8 cm³/mol. The van der Waals surface area contributed by atoms with Crippen LogP contribution >= 0.6 is 11.3 Å². The second-order valence-electron chi connectivity index (χ2n) is 3.84. The van der Waals surface area contributed by atoms with E-state index in [1.54, 1.807) is 24.0 Å². The lowest BCUT2D eigenvalue weighted by atomic mass is 10.3. The zero-order valence-electron chi connectivity index (χ0n) is 9.74. The molecule has 0 aliphatic heterocycles. The zero-order chi connectivity index (χ0) is 13.1. The maximum absolute atomic E-state index is 11.6. The van der Waals surface area contributed by atoms with E-state index in [1.165, 1.54) is 22.0 Å². The van der Waals surface area contributed by atoms with Crippen molar-refractivity contribution in [3.8, 4) is 0 Å². The number of nitrogens with zero attached hydrogens (tertiary/aromatic N) is 2. The van der Waals surface area contributed by atoms with Gasteiger partial charge in [-0.25, -0.2) is 9.59 Å². The van der Waals surface area contributed by atoms with Crippen LogP contribution < -0.4 is 5.69 Å². The molecule has 94 valence electrons. The number of carboxylic acids is 1. The van der Waals surface area contributed by atoms with Crippen molar-refractivity contribution >= 4 is 23.4 Å². The molecule has 0 aromatic carbocycles. The molecule has 0 saturated carbocycles. The number of aryl methyl sites for hydroxylation is 1. The Kier molecular flexibility index (Phi) is 3.47. The molecule has 0 atom stereocenters. The number of aliphatic carboxylic acids is 1. The highest BCUT2D eigenvalue weighted by atomic mass is 32.1. The van der Waals surface area contributed by atoms with Crippen LogP contribution in [0.3, 0.4) is 0 Å². The van der Waals surface area contributed by atoms with Crippen molar-refractivity contribution in [3.05, 3.63) is 50.8 Å². The quantitative estimate of drug-likeness (QED) is 0.849. The zero-order valence-corrected chi connectivity index (χ0v) is 10.6. The molecule has 2 heterocycles. The highest BCUT2D eigenvalue weighted by Crippen LogP contribution is 2.16. The third-order valence-corrected chi connectivity index (χ3v) is 3.38. The van der Waals surface area contributed by atoms with E-state index in [2.05, 4.69) is 0 Å². The summed E-state index contributed by atoms with van der Waals surface area (Å²) in [5.74, 6) is -0.970. The summed E-state index contributed by atoms with van der Waals surface area (Å²) in [6, 6.07) is 1.88. The summed E-state index contributed by atoms with van der Waals surface area (Å²) in [4.78, 5) is 23.0. The van der Waals surface area contributed by atoms with Gasteiger partial charge in [0.2, 0.25) is 0 Å². The molecule has 0 aliphatic rings. The molecule has 5 nitrogen and oxygen atoms in total. The van der Waals surface area contributed by atoms with Crippen molar-refractivity contribution in [1.82, 2.24) is 9.13 Å². The summed E-state index contributed by atoms with van der Waals surface area (Å²) < 4.78 is 3.12. The van der Waals surface area contributed by atoms with Gasteiger partial charge in [0.05, 0.1) is 6.54 Å². The fourth-order valence-corrected chi connectivity index (χ4v) is 2.39. The first-order valence-electron chi connectivity index (χ1n) is 5.26. The molecule has 0 fully saturated rings. The standard InChI is InChI=1S/C12H12N2O3S/c1-13-4-5-14(12(13)17)7-10-6-9(8-18-10)2-3-11(15)16/h2-6,8H,7H2,1H3,(H,15,16)/b3-2+. The van der Waals surface area contributed by atoms with Crippen LogP contribution in [0.4, 0.5) is 0 Å². The van der Waals surface area contributed by atoms with Crippen molar-refractivity contribution in [3.63, 3.8) is 0 Å². The Morgan fingerprint density at radius 1 is 1.50 bits per heavy atom. The van der Waals surface area contributed by atoms with Gasteiger partial charge in [0.15, 0.2) is 0 Å². The average Bonchev–Trinajstić information content (AvgIpc) is 2.89. The number of carbonyl (C=O) groups is 1. The van der Waals surface area contributed by atoms with Gasteiger partial charge in [0, 0.05) is 30.4 Å². The Morgan fingerprint density at radius 3 is 2.89 bits per heavy atom. The highest BCUT2D eigenvalue weighted by Gasteiger charge is 2.03. The maximum atomic E-state index is 11.6. The molecule has 2 aromatic heterocycles. The van der Waals surface area contributed by atoms with E-state index in [9.17, 15) is 9.59 Å². The summed E-state index contributed by atoms with van der Waals surface area (Å²) in [5, 5.41) is 10.4. The second kappa shape index (κ2) is 5.05. The molecule has 2 rings (SSSR count). The van der Waals surface area contributed by atoms with Crippen molar-refractivity contribution in [1.29, 1.82) is 0 Å². The SMILES string of the molecule is Cn1ccn(Cc2cc(/C=C/C(=O)O)cs2)c1=O. The van der Waals surface area contributed by atoms with Crippen molar-refractivity contribution in [2.75, 3.05) is 0 Å². The Morgan fingerprint density at radius 2 is 2.28 bits per heavy atom. The number of imidazole rings is 1. The Bertz CT molecular complexity index is 648. The van der Waals surface area contributed by atoms with Crippen LogP contribution in [0.2, 0.25) is 0 Å². The monoisotopic (exact) mass is 264 g/mol. The van der Waals surface area contributed by atoms with Crippen LogP contribution in [-0.2, 0) is 18.4 Å². The lowest BCUT2D eigenvalue weighted by molar-refractivity contribution is -0.131. The van der Waals surface area contributed by atoms with Gasteiger partial charge in [-0.05, 0) is 23.1 Å². The van der Waals surface area contributed by atoms with Crippen molar-refractivity contribution in [2.45, 2.75) is 6.54 Å². The Balaban J connectivity index is 2.14.